The molecular formula is C8H10N3. The molecule has 0 heterocycles. The average molecular weight is 148 g/mol. The van der Waals surface area contributed by atoms with Crippen LogP contribution in [0, 0.1) is 12.3 Å². The molecule has 4 N–H and O–H groups in total. The maximum absolute atomic E-state index is 6.97. The normalized spacial score (nSPS) is 9.18. The second kappa shape index (κ2) is 3.05. The molecule has 0 amide bonds. The molecule has 0 aliphatic heterocycles. The highest BCUT2D eigenvalue weighted by Crippen LogP contribution is 2.11. The summed E-state index contributed by atoms with van der Waals surface area (Å²) in [5, 5.41) is 9.64. The Kier molecular flexibility index (Phi) is 2.11. The fourth-order valence-electron chi connectivity index (χ4n) is 0.787. The molecule has 0 unspecified atom stereocenters. The van der Waals surface area contributed by atoms with Gasteiger partial charge in [0.1, 0.15) is 0 Å². The van der Waals surface area contributed by atoms with E-state index in [-0.39, 0.29) is 5.96 Å². The Balaban J connectivity index is 2.86. The number of nitrogens with two attached hydrogens (primary N) is 1. The van der Waals surface area contributed by atoms with E-state index >= 15 is 0 Å². The van der Waals surface area contributed by atoms with Gasteiger partial charge >= 0.3 is 0 Å². The number of hydrogen-bond acceptors (Lipinski definition) is 1. The first kappa shape index (κ1) is 7.60. The van der Waals surface area contributed by atoms with Crippen molar-refractivity contribution in [2.24, 2.45) is 5.73 Å². The van der Waals surface area contributed by atoms with Crippen LogP contribution in [0.5, 0.6) is 0 Å². The highest BCUT2D eigenvalue weighted by atomic mass is 15.0. The highest BCUT2D eigenvalue weighted by molar-refractivity contribution is 5.90. The van der Waals surface area contributed by atoms with E-state index in [2.05, 4.69) is 12.2 Å². The molecule has 0 spiro atoms. The molecule has 1 rings (SSSR count). The molecule has 0 aromatic heterocycles. The Hall–Kier alpha value is -1.51. The Morgan fingerprint density at radius 3 is 2.64 bits per heavy atom. The Morgan fingerprint density at radius 2 is 2.09 bits per heavy atom. The highest BCUT2D eigenvalue weighted by Gasteiger charge is 1.94. The topological polar surface area (TPSA) is 61.9 Å². The second-order valence-corrected chi connectivity index (χ2v) is 2.20. The standard InChI is InChI=1S/C8H10N3/c1-6-4-2-3-5-7(6)11-8(9)10/h2-5H,1H2,(H4,9,10,11). The van der Waals surface area contributed by atoms with Crippen LogP contribution in [0.3, 0.4) is 0 Å². The van der Waals surface area contributed by atoms with Crippen LogP contribution in [0.25, 0.3) is 0 Å². The fourth-order valence-corrected chi connectivity index (χ4v) is 0.787. The van der Waals surface area contributed by atoms with Gasteiger partial charge in [0.15, 0.2) is 5.96 Å². The SMILES string of the molecule is [CH2]c1ccccc1NC(=N)N. The number of nitrogens with one attached hydrogen (secondary N) is 2. The molecule has 1 aromatic rings. The lowest BCUT2D eigenvalue weighted by molar-refractivity contribution is 1.40. The van der Waals surface area contributed by atoms with Gasteiger partial charge < -0.3 is 11.1 Å². The fraction of sp³-hybridized carbons (Fsp3) is 0. The molecule has 0 bridgehead atoms. The predicted octanol–water partition coefficient (Wildman–Crippen LogP) is 1.17. The summed E-state index contributed by atoms with van der Waals surface area (Å²) in [4.78, 5) is 0. The number of rotatable bonds is 1. The van der Waals surface area contributed by atoms with Gasteiger partial charge in [0.25, 0.3) is 0 Å². The summed E-state index contributed by atoms with van der Waals surface area (Å²) in [6.07, 6.45) is 0. The van der Waals surface area contributed by atoms with Crippen molar-refractivity contribution >= 4 is 11.6 Å². The molecule has 0 aliphatic rings. The van der Waals surface area contributed by atoms with Gasteiger partial charge in [0.2, 0.25) is 0 Å². The van der Waals surface area contributed by atoms with Crippen molar-refractivity contribution in [3.05, 3.63) is 36.8 Å². The lowest BCUT2D eigenvalue weighted by atomic mass is 10.2. The number of anilines is 1. The quantitative estimate of drug-likeness (QED) is 0.413. The molecular weight excluding hydrogens is 138 g/mol. The monoisotopic (exact) mass is 148 g/mol. The second-order valence-electron chi connectivity index (χ2n) is 2.20. The van der Waals surface area contributed by atoms with Crippen molar-refractivity contribution in [2.75, 3.05) is 5.32 Å². The predicted molar refractivity (Wildman–Crippen MR) is 46.4 cm³/mol. The number of guanidine groups is 1. The summed E-state index contributed by atoms with van der Waals surface area (Å²) in [6.45, 7) is 3.76. The first-order chi connectivity index (χ1) is 5.20. The first-order valence-corrected chi connectivity index (χ1v) is 3.22. The van der Waals surface area contributed by atoms with Crippen LogP contribution in [0.4, 0.5) is 5.69 Å². The van der Waals surface area contributed by atoms with E-state index in [1.807, 2.05) is 24.3 Å². The van der Waals surface area contributed by atoms with E-state index in [0.717, 1.165) is 11.3 Å². The molecule has 0 fully saturated rings. The minimum Gasteiger partial charge on any atom is -0.370 e. The summed E-state index contributed by atoms with van der Waals surface area (Å²) >= 11 is 0. The number of hydrogen-bond donors (Lipinski definition) is 3. The van der Waals surface area contributed by atoms with E-state index in [0.29, 0.717) is 0 Å². The van der Waals surface area contributed by atoms with E-state index < -0.39 is 0 Å². The molecule has 11 heavy (non-hydrogen) atoms. The van der Waals surface area contributed by atoms with Crippen LogP contribution in [-0.2, 0) is 0 Å². The van der Waals surface area contributed by atoms with Gasteiger partial charge in [-0.3, -0.25) is 5.41 Å². The average Bonchev–Trinajstić information content (AvgIpc) is 1.93. The summed E-state index contributed by atoms with van der Waals surface area (Å²) in [7, 11) is 0. The van der Waals surface area contributed by atoms with E-state index in [9.17, 15) is 0 Å². The third-order valence-electron chi connectivity index (χ3n) is 1.29. The molecule has 0 aliphatic carbocycles. The van der Waals surface area contributed by atoms with Gasteiger partial charge in [0.05, 0.1) is 0 Å². The van der Waals surface area contributed by atoms with Crippen molar-refractivity contribution in [1.82, 2.24) is 0 Å². The molecule has 1 aromatic carbocycles. The summed E-state index contributed by atoms with van der Waals surface area (Å²) in [6, 6.07) is 7.42. The Bertz CT molecular complexity index is 268. The van der Waals surface area contributed by atoms with E-state index in [4.69, 9.17) is 11.1 Å². The van der Waals surface area contributed by atoms with Crippen LogP contribution in [0.2, 0.25) is 0 Å². The van der Waals surface area contributed by atoms with Crippen molar-refractivity contribution in [3.8, 4) is 0 Å². The van der Waals surface area contributed by atoms with Crippen LogP contribution in [0.1, 0.15) is 5.56 Å². The number of para-hydroxylation sites is 1. The van der Waals surface area contributed by atoms with Crippen molar-refractivity contribution < 1.29 is 0 Å². The van der Waals surface area contributed by atoms with Gasteiger partial charge in [-0.05, 0) is 18.6 Å². The largest absolute Gasteiger partial charge is 0.370 e. The third kappa shape index (κ3) is 1.97. The molecule has 57 valence electrons. The van der Waals surface area contributed by atoms with Crippen LogP contribution >= 0.6 is 0 Å². The molecule has 0 saturated carbocycles. The minimum absolute atomic E-state index is 0.0684. The Labute approximate surface area is 65.7 Å². The molecule has 0 atom stereocenters. The zero-order valence-corrected chi connectivity index (χ0v) is 6.09. The summed E-state index contributed by atoms with van der Waals surface area (Å²) < 4.78 is 0. The smallest absolute Gasteiger partial charge is 0.190 e. The summed E-state index contributed by atoms with van der Waals surface area (Å²) in [5.41, 5.74) is 6.75. The van der Waals surface area contributed by atoms with Crippen LogP contribution in [-0.4, -0.2) is 5.96 Å². The van der Waals surface area contributed by atoms with Crippen molar-refractivity contribution in [1.29, 1.82) is 5.41 Å². The van der Waals surface area contributed by atoms with Gasteiger partial charge in [-0.1, -0.05) is 18.2 Å². The van der Waals surface area contributed by atoms with Crippen LogP contribution < -0.4 is 11.1 Å². The first-order valence-electron chi connectivity index (χ1n) is 3.22. The van der Waals surface area contributed by atoms with Gasteiger partial charge in [0, 0.05) is 5.69 Å². The van der Waals surface area contributed by atoms with Crippen molar-refractivity contribution in [2.45, 2.75) is 0 Å². The van der Waals surface area contributed by atoms with Crippen molar-refractivity contribution in [3.63, 3.8) is 0 Å². The van der Waals surface area contributed by atoms with Crippen LogP contribution in [0.15, 0.2) is 24.3 Å². The van der Waals surface area contributed by atoms with E-state index in [1.165, 1.54) is 0 Å². The van der Waals surface area contributed by atoms with Gasteiger partial charge in [-0.2, -0.15) is 0 Å². The summed E-state index contributed by atoms with van der Waals surface area (Å²) in [5.74, 6) is -0.0684. The van der Waals surface area contributed by atoms with E-state index in [1.54, 1.807) is 0 Å². The zero-order valence-electron chi connectivity index (χ0n) is 6.09. The van der Waals surface area contributed by atoms with Gasteiger partial charge in [-0.15, -0.1) is 0 Å². The molecule has 0 saturated heterocycles. The third-order valence-corrected chi connectivity index (χ3v) is 1.29. The Morgan fingerprint density at radius 1 is 1.45 bits per heavy atom. The molecule has 3 heteroatoms. The molecule has 1 radical (unpaired) electrons. The maximum Gasteiger partial charge on any atom is 0.190 e. The molecule has 3 nitrogen and oxygen atoms in total. The number of benzene rings is 1. The maximum atomic E-state index is 6.97. The zero-order chi connectivity index (χ0) is 8.27. The minimum atomic E-state index is -0.0684. The van der Waals surface area contributed by atoms with Gasteiger partial charge in [-0.25, -0.2) is 0 Å². The lowest BCUT2D eigenvalue weighted by Gasteiger charge is -2.05. The lowest BCUT2D eigenvalue weighted by Crippen LogP contribution is -2.20.